The normalized spacial score (nSPS) is 9.77. The summed E-state index contributed by atoms with van der Waals surface area (Å²) in [6.45, 7) is 1.89. The van der Waals surface area contributed by atoms with Crippen molar-refractivity contribution in [2.24, 2.45) is 0 Å². The van der Waals surface area contributed by atoms with Gasteiger partial charge >= 0.3 is 0 Å². The van der Waals surface area contributed by atoms with E-state index in [4.69, 9.17) is 5.26 Å². The van der Waals surface area contributed by atoms with Gasteiger partial charge in [0.1, 0.15) is 0 Å². The maximum atomic E-state index is 8.30. The molecule has 0 aliphatic carbocycles. The first-order valence-electron chi connectivity index (χ1n) is 4.38. The highest BCUT2D eigenvalue weighted by Gasteiger charge is 1.93. The van der Waals surface area contributed by atoms with Crippen LogP contribution in [0.2, 0.25) is 0 Å². The van der Waals surface area contributed by atoms with Crippen molar-refractivity contribution in [1.82, 2.24) is 10.3 Å². The van der Waals surface area contributed by atoms with Gasteiger partial charge in [0.2, 0.25) is 0 Å². The van der Waals surface area contributed by atoms with E-state index in [1.54, 1.807) is 11.3 Å². The molecule has 0 amide bonds. The Bertz CT molecular complexity index is 250. The van der Waals surface area contributed by atoms with Gasteiger partial charge < -0.3 is 5.32 Å². The van der Waals surface area contributed by atoms with Gasteiger partial charge in [-0.3, -0.25) is 4.98 Å². The topological polar surface area (TPSA) is 48.7 Å². The SMILES string of the molecule is N#CCCCCNCc1cncs1. The highest BCUT2D eigenvalue weighted by atomic mass is 32.1. The van der Waals surface area contributed by atoms with Gasteiger partial charge in [0.05, 0.1) is 11.6 Å². The summed E-state index contributed by atoms with van der Waals surface area (Å²) in [5.74, 6) is 0. The van der Waals surface area contributed by atoms with Crippen LogP contribution in [0.15, 0.2) is 11.7 Å². The Labute approximate surface area is 82.4 Å². The van der Waals surface area contributed by atoms with E-state index in [-0.39, 0.29) is 0 Å². The molecule has 13 heavy (non-hydrogen) atoms. The van der Waals surface area contributed by atoms with Crippen molar-refractivity contribution in [3.05, 3.63) is 16.6 Å². The van der Waals surface area contributed by atoms with Gasteiger partial charge in [0.15, 0.2) is 0 Å². The molecule has 0 fully saturated rings. The number of hydrogen-bond donors (Lipinski definition) is 1. The van der Waals surface area contributed by atoms with Crippen LogP contribution in [-0.2, 0) is 6.54 Å². The van der Waals surface area contributed by atoms with Crippen molar-refractivity contribution in [3.8, 4) is 6.07 Å². The number of nitriles is 1. The molecule has 0 radical (unpaired) electrons. The van der Waals surface area contributed by atoms with Crippen molar-refractivity contribution in [3.63, 3.8) is 0 Å². The fourth-order valence-electron chi connectivity index (χ4n) is 0.995. The summed E-state index contributed by atoms with van der Waals surface area (Å²) < 4.78 is 0. The van der Waals surface area contributed by atoms with Crippen molar-refractivity contribution < 1.29 is 0 Å². The summed E-state index contributed by atoms with van der Waals surface area (Å²) in [5.41, 5.74) is 1.84. The zero-order valence-corrected chi connectivity index (χ0v) is 8.31. The Morgan fingerprint density at radius 3 is 3.15 bits per heavy atom. The zero-order chi connectivity index (χ0) is 9.36. The third-order valence-electron chi connectivity index (χ3n) is 1.67. The van der Waals surface area contributed by atoms with E-state index in [1.165, 1.54) is 4.88 Å². The molecule has 1 aromatic heterocycles. The second-order valence-electron chi connectivity index (χ2n) is 2.76. The Morgan fingerprint density at radius 1 is 1.54 bits per heavy atom. The minimum atomic E-state index is 0.669. The maximum Gasteiger partial charge on any atom is 0.0794 e. The maximum absolute atomic E-state index is 8.30. The summed E-state index contributed by atoms with van der Waals surface area (Å²) in [6.07, 6.45) is 4.62. The average molecular weight is 195 g/mol. The number of thiazole rings is 1. The molecule has 1 rings (SSSR count). The average Bonchev–Trinajstić information content (AvgIpc) is 2.63. The van der Waals surface area contributed by atoms with Gasteiger partial charge in [-0.1, -0.05) is 0 Å². The molecule has 0 aromatic carbocycles. The van der Waals surface area contributed by atoms with Crippen LogP contribution in [0, 0.1) is 11.3 Å². The van der Waals surface area contributed by atoms with Crippen LogP contribution < -0.4 is 5.32 Å². The van der Waals surface area contributed by atoms with Gasteiger partial charge in [-0.15, -0.1) is 11.3 Å². The van der Waals surface area contributed by atoms with E-state index in [2.05, 4.69) is 16.4 Å². The zero-order valence-electron chi connectivity index (χ0n) is 7.49. The lowest BCUT2D eigenvalue weighted by Gasteiger charge is -2.00. The lowest BCUT2D eigenvalue weighted by molar-refractivity contribution is 0.632. The molecule has 0 unspecified atom stereocenters. The fraction of sp³-hybridized carbons (Fsp3) is 0.556. The molecule has 1 N–H and O–H groups in total. The number of hydrogen-bond acceptors (Lipinski definition) is 4. The van der Waals surface area contributed by atoms with Gasteiger partial charge in [-0.25, -0.2) is 0 Å². The van der Waals surface area contributed by atoms with Crippen LogP contribution in [0.3, 0.4) is 0 Å². The van der Waals surface area contributed by atoms with Crippen molar-refractivity contribution >= 4 is 11.3 Å². The van der Waals surface area contributed by atoms with Crippen LogP contribution in [0.4, 0.5) is 0 Å². The summed E-state index contributed by atoms with van der Waals surface area (Å²) >= 11 is 1.67. The predicted molar refractivity (Wildman–Crippen MR) is 53.3 cm³/mol. The summed E-state index contributed by atoms with van der Waals surface area (Å²) in [5, 5.41) is 11.6. The number of rotatable bonds is 6. The third kappa shape index (κ3) is 4.61. The Morgan fingerprint density at radius 2 is 2.46 bits per heavy atom. The minimum absolute atomic E-state index is 0.669. The molecule has 0 bridgehead atoms. The van der Waals surface area contributed by atoms with E-state index in [1.807, 2.05) is 11.7 Å². The number of aromatic nitrogens is 1. The van der Waals surface area contributed by atoms with Crippen LogP contribution in [0.1, 0.15) is 24.1 Å². The fourth-order valence-corrected chi connectivity index (χ4v) is 1.56. The first-order chi connectivity index (χ1) is 6.43. The van der Waals surface area contributed by atoms with Gasteiger partial charge in [0.25, 0.3) is 0 Å². The van der Waals surface area contributed by atoms with Crippen LogP contribution in [0.5, 0.6) is 0 Å². The molecule has 0 saturated carbocycles. The summed E-state index contributed by atoms with van der Waals surface area (Å²) in [7, 11) is 0. The molecular weight excluding hydrogens is 182 g/mol. The Hall–Kier alpha value is -0.920. The molecule has 0 atom stereocenters. The van der Waals surface area contributed by atoms with Crippen molar-refractivity contribution in [2.45, 2.75) is 25.8 Å². The minimum Gasteiger partial charge on any atom is -0.312 e. The first-order valence-corrected chi connectivity index (χ1v) is 5.26. The van der Waals surface area contributed by atoms with Gasteiger partial charge in [0, 0.05) is 24.0 Å². The molecule has 0 aliphatic heterocycles. The van der Waals surface area contributed by atoms with Gasteiger partial charge in [-0.2, -0.15) is 5.26 Å². The molecule has 3 nitrogen and oxygen atoms in total. The smallest absolute Gasteiger partial charge is 0.0794 e. The molecule has 70 valence electrons. The Balaban J connectivity index is 1.94. The lowest BCUT2D eigenvalue weighted by Crippen LogP contribution is -2.13. The molecule has 4 heteroatoms. The second-order valence-corrected chi connectivity index (χ2v) is 3.73. The number of nitrogens with one attached hydrogen (secondary N) is 1. The number of unbranched alkanes of at least 4 members (excludes halogenated alkanes) is 2. The number of nitrogens with zero attached hydrogens (tertiary/aromatic N) is 2. The van der Waals surface area contributed by atoms with Gasteiger partial charge in [-0.05, 0) is 19.4 Å². The third-order valence-corrected chi connectivity index (χ3v) is 2.45. The van der Waals surface area contributed by atoms with E-state index in [0.29, 0.717) is 6.42 Å². The quantitative estimate of drug-likeness (QED) is 0.705. The summed E-state index contributed by atoms with van der Waals surface area (Å²) in [4.78, 5) is 5.25. The monoisotopic (exact) mass is 195 g/mol. The molecule has 0 saturated heterocycles. The second kappa shape index (κ2) is 6.58. The molecule has 0 aliphatic rings. The van der Waals surface area contributed by atoms with Crippen LogP contribution in [0.25, 0.3) is 0 Å². The Kier molecular flexibility index (Phi) is 5.14. The standard InChI is InChI=1S/C9H13N3S/c10-4-2-1-3-5-11-6-9-7-12-8-13-9/h7-8,11H,1-3,5-6H2. The van der Waals surface area contributed by atoms with Crippen LogP contribution in [-0.4, -0.2) is 11.5 Å². The highest BCUT2D eigenvalue weighted by molar-refractivity contribution is 7.09. The van der Waals surface area contributed by atoms with E-state index >= 15 is 0 Å². The lowest BCUT2D eigenvalue weighted by atomic mass is 10.2. The van der Waals surface area contributed by atoms with E-state index in [0.717, 1.165) is 25.9 Å². The molecule has 1 aromatic rings. The molecule has 1 heterocycles. The highest BCUT2D eigenvalue weighted by Crippen LogP contribution is 2.04. The van der Waals surface area contributed by atoms with Crippen molar-refractivity contribution in [1.29, 1.82) is 5.26 Å². The first kappa shape index (κ1) is 10.2. The predicted octanol–water partition coefficient (Wildman–Crippen LogP) is 1.93. The molecular formula is C9H13N3S. The van der Waals surface area contributed by atoms with Crippen LogP contribution >= 0.6 is 11.3 Å². The van der Waals surface area contributed by atoms with E-state index < -0.39 is 0 Å². The largest absolute Gasteiger partial charge is 0.312 e. The van der Waals surface area contributed by atoms with Crippen molar-refractivity contribution in [2.75, 3.05) is 6.54 Å². The molecule has 0 spiro atoms. The summed E-state index contributed by atoms with van der Waals surface area (Å²) in [6, 6.07) is 2.14. The van der Waals surface area contributed by atoms with E-state index in [9.17, 15) is 0 Å².